The van der Waals surface area contributed by atoms with Crippen LogP contribution >= 0.6 is 0 Å². The Kier molecular flexibility index (Phi) is 3.57. The number of amides is 1. The quantitative estimate of drug-likeness (QED) is 0.860. The second-order valence-corrected chi connectivity index (χ2v) is 5.37. The van der Waals surface area contributed by atoms with E-state index in [0.29, 0.717) is 0 Å². The molecule has 0 radical (unpaired) electrons. The summed E-state index contributed by atoms with van der Waals surface area (Å²) < 4.78 is 5.24. The summed E-state index contributed by atoms with van der Waals surface area (Å²) in [6.45, 7) is 8.28. The summed E-state index contributed by atoms with van der Waals surface area (Å²) in [5, 5.41) is 6.23. The van der Waals surface area contributed by atoms with E-state index in [1.54, 1.807) is 0 Å². The first-order valence-corrected chi connectivity index (χ1v) is 6.18. The van der Waals surface area contributed by atoms with Gasteiger partial charge in [-0.15, -0.1) is 0 Å². The monoisotopic (exact) mass is 248 g/mol. The summed E-state index contributed by atoms with van der Waals surface area (Å²) in [5.41, 5.74) is 3.30. The van der Waals surface area contributed by atoms with Gasteiger partial charge in [-0.2, -0.15) is 0 Å². The van der Waals surface area contributed by atoms with Crippen molar-refractivity contribution in [3.05, 3.63) is 23.8 Å². The van der Waals surface area contributed by atoms with Gasteiger partial charge in [-0.25, -0.2) is 0 Å². The van der Waals surface area contributed by atoms with Crippen molar-refractivity contribution in [3.63, 3.8) is 0 Å². The summed E-state index contributed by atoms with van der Waals surface area (Å²) in [5.74, 6) is -0.0517. The first-order valence-electron chi connectivity index (χ1n) is 6.18. The minimum Gasteiger partial charge on any atom is -0.384 e. The van der Waals surface area contributed by atoms with Gasteiger partial charge in [-0.3, -0.25) is 4.79 Å². The van der Waals surface area contributed by atoms with E-state index in [-0.39, 0.29) is 11.3 Å². The predicted octanol–water partition coefficient (Wildman–Crippen LogP) is 2.40. The fourth-order valence-corrected chi connectivity index (χ4v) is 1.95. The van der Waals surface area contributed by atoms with Gasteiger partial charge < -0.3 is 15.4 Å². The molecule has 0 aromatic heterocycles. The Morgan fingerprint density at radius 1 is 1.44 bits per heavy atom. The minimum atomic E-state index is -0.0517. The maximum absolute atomic E-state index is 11.0. The molecule has 0 saturated carbocycles. The molecule has 1 aliphatic rings. The molecule has 2 rings (SSSR count). The van der Waals surface area contributed by atoms with E-state index in [0.717, 1.165) is 31.1 Å². The average Bonchev–Trinajstić information content (AvgIpc) is 2.26. The molecule has 98 valence electrons. The molecule has 0 bridgehead atoms. The van der Waals surface area contributed by atoms with Crippen molar-refractivity contribution in [2.75, 3.05) is 30.4 Å². The highest BCUT2D eigenvalue weighted by molar-refractivity contribution is 5.89. The standard InChI is InChI=1S/C14H20N2O2/c1-10-4-5-12(16-11(2)17)6-13(10)15-7-14(3)8-18-9-14/h4-6,15H,7-9H2,1-3H3,(H,16,17). The molecule has 0 spiro atoms. The van der Waals surface area contributed by atoms with Crippen LogP contribution in [0.15, 0.2) is 18.2 Å². The lowest BCUT2D eigenvalue weighted by atomic mass is 9.88. The number of rotatable bonds is 4. The third-order valence-corrected chi connectivity index (χ3v) is 3.16. The summed E-state index contributed by atoms with van der Waals surface area (Å²) in [4.78, 5) is 11.0. The van der Waals surface area contributed by atoms with E-state index in [1.165, 1.54) is 12.5 Å². The number of nitrogens with one attached hydrogen (secondary N) is 2. The van der Waals surface area contributed by atoms with Gasteiger partial charge in [0.1, 0.15) is 0 Å². The molecule has 4 heteroatoms. The Balaban J connectivity index is 2.03. The van der Waals surface area contributed by atoms with Gasteiger partial charge in [0.05, 0.1) is 13.2 Å². The lowest BCUT2D eigenvalue weighted by molar-refractivity contribution is -0.114. The van der Waals surface area contributed by atoms with Gasteiger partial charge in [0.2, 0.25) is 5.91 Å². The Labute approximate surface area is 108 Å². The molecule has 1 aromatic carbocycles. The van der Waals surface area contributed by atoms with Crippen molar-refractivity contribution in [3.8, 4) is 0 Å². The van der Waals surface area contributed by atoms with Crippen molar-refractivity contribution >= 4 is 17.3 Å². The Hall–Kier alpha value is -1.55. The third kappa shape index (κ3) is 3.01. The van der Waals surface area contributed by atoms with Crippen molar-refractivity contribution < 1.29 is 9.53 Å². The topological polar surface area (TPSA) is 50.4 Å². The largest absolute Gasteiger partial charge is 0.384 e. The van der Waals surface area contributed by atoms with Crippen LogP contribution in [0.2, 0.25) is 0 Å². The van der Waals surface area contributed by atoms with Crippen LogP contribution in [0.5, 0.6) is 0 Å². The zero-order valence-corrected chi connectivity index (χ0v) is 11.2. The normalized spacial score (nSPS) is 16.8. The number of aryl methyl sites for hydroxylation is 1. The molecular weight excluding hydrogens is 228 g/mol. The first kappa shape index (κ1) is 12.9. The van der Waals surface area contributed by atoms with Gasteiger partial charge >= 0.3 is 0 Å². The zero-order chi connectivity index (χ0) is 13.2. The molecule has 0 aliphatic carbocycles. The van der Waals surface area contributed by atoms with Crippen LogP contribution in [0.25, 0.3) is 0 Å². The zero-order valence-electron chi connectivity index (χ0n) is 11.2. The summed E-state index contributed by atoms with van der Waals surface area (Å²) in [6, 6.07) is 5.89. The Bertz CT molecular complexity index is 453. The van der Waals surface area contributed by atoms with Crippen molar-refractivity contribution in [2.24, 2.45) is 5.41 Å². The molecule has 1 aromatic rings. The number of hydrogen-bond acceptors (Lipinski definition) is 3. The second-order valence-electron chi connectivity index (χ2n) is 5.37. The van der Waals surface area contributed by atoms with Gasteiger partial charge in [-0.05, 0) is 24.6 Å². The molecule has 0 atom stereocenters. The highest BCUT2D eigenvalue weighted by Crippen LogP contribution is 2.28. The van der Waals surface area contributed by atoms with Crippen LogP contribution < -0.4 is 10.6 Å². The van der Waals surface area contributed by atoms with Crippen LogP contribution in [0.1, 0.15) is 19.4 Å². The van der Waals surface area contributed by atoms with Crippen LogP contribution in [-0.4, -0.2) is 25.7 Å². The van der Waals surface area contributed by atoms with E-state index >= 15 is 0 Å². The Morgan fingerprint density at radius 2 is 2.17 bits per heavy atom. The van der Waals surface area contributed by atoms with Crippen LogP contribution in [-0.2, 0) is 9.53 Å². The van der Waals surface area contributed by atoms with Crippen molar-refractivity contribution in [1.29, 1.82) is 0 Å². The maximum atomic E-state index is 11.0. The summed E-state index contributed by atoms with van der Waals surface area (Å²) in [7, 11) is 0. The maximum Gasteiger partial charge on any atom is 0.221 e. The van der Waals surface area contributed by atoms with Crippen molar-refractivity contribution in [2.45, 2.75) is 20.8 Å². The lowest BCUT2D eigenvalue weighted by Gasteiger charge is -2.38. The molecular formula is C14H20N2O2. The van der Waals surface area contributed by atoms with Crippen LogP contribution in [0.3, 0.4) is 0 Å². The highest BCUT2D eigenvalue weighted by atomic mass is 16.5. The highest BCUT2D eigenvalue weighted by Gasteiger charge is 2.33. The summed E-state index contributed by atoms with van der Waals surface area (Å²) in [6.07, 6.45) is 0. The predicted molar refractivity (Wildman–Crippen MR) is 72.9 cm³/mol. The Morgan fingerprint density at radius 3 is 2.72 bits per heavy atom. The van der Waals surface area contributed by atoms with Crippen LogP contribution in [0, 0.1) is 12.3 Å². The molecule has 4 nitrogen and oxygen atoms in total. The van der Waals surface area contributed by atoms with Gasteiger partial charge in [0.25, 0.3) is 0 Å². The number of anilines is 2. The number of carbonyl (C=O) groups is 1. The molecule has 1 amide bonds. The molecule has 2 N–H and O–H groups in total. The number of hydrogen-bond donors (Lipinski definition) is 2. The molecule has 0 unspecified atom stereocenters. The SMILES string of the molecule is CC(=O)Nc1ccc(C)c(NCC2(C)COC2)c1. The molecule has 1 fully saturated rings. The van der Waals surface area contributed by atoms with E-state index < -0.39 is 0 Å². The van der Waals surface area contributed by atoms with E-state index in [4.69, 9.17) is 4.74 Å². The molecule has 18 heavy (non-hydrogen) atoms. The minimum absolute atomic E-state index is 0.0517. The van der Waals surface area contributed by atoms with Crippen molar-refractivity contribution in [1.82, 2.24) is 0 Å². The molecule has 1 heterocycles. The van der Waals surface area contributed by atoms with Gasteiger partial charge in [-0.1, -0.05) is 13.0 Å². The summed E-state index contributed by atoms with van der Waals surface area (Å²) >= 11 is 0. The van der Waals surface area contributed by atoms with Crippen LogP contribution in [0.4, 0.5) is 11.4 Å². The smallest absolute Gasteiger partial charge is 0.221 e. The first-order chi connectivity index (χ1) is 8.48. The fraction of sp³-hybridized carbons (Fsp3) is 0.500. The van der Waals surface area contributed by atoms with E-state index in [9.17, 15) is 4.79 Å². The second kappa shape index (κ2) is 4.98. The average molecular weight is 248 g/mol. The number of benzene rings is 1. The number of carbonyl (C=O) groups excluding carboxylic acids is 1. The third-order valence-electron chi connectivity index (χ3n) is 3.16. The van der Waals surface area contributed by atoms with Gasteiger partial charge in [0.15, 0.2) is 0 Å². The molecule has 1 saturated heterocycles. The van der Waals surface area contributed by atoms with E-state index in [1.807, 2.05) is 18.2 Å². The lowest BCUT2D eigenvalue weighted by Crippen LogP contribution is -2.45. The van der Waals surface area contributed by atoms with E-state index in [2.05, 4.69) is 24.5 Å². The molecule has 1 aliphatic heterocycles. The van der Waals surface area contributed by atoms with Gasteiger partial charge in [0, 0.05) is 30.3 Å². The number of ether oxygens (including phenoxy) is 1. The fourth-order valence-electron chi connectivity index (χ4n) is 1.95.